The molecule has 1 heterocycles. The normalized spacial score (nSPS) is 14.8. The molecule has 1 amide bonds. The summed E-state index contributed by atoms with van der Waals surface area (Å²) in [7, 11) is 0. The fraction of sp³-hybridized carbons (Fsp3) is 0.316. The highest BCUT2D eigenvalue weighted by Crippen LogP contribution is 2.19. The maximum atomic E-state index is 11.6. The predicted octanol–water partition coefficient (Wildman–Crippen LogP) is 3.16. The van der Waals surface area contributed by atoms with E-state index in [1.165, 1.54) is 16.8 Å². The maximum absolute atomic E-state index is 11.6. The fourth-order valence-electron chi connectivity index (χ4n) is 2.95. The first-order chi connectivity index (χ1) is 11.3. The van der Waals surface area contributed by atoms with Crippen LogP contribution >= 0.6 is 11.6 Å². The van der Waals surface area contributed by atoms with Gasteiger partial charge < -0.3 is 9.80 Å². The molecule has 3 nitrogen and oxygen atoms in total. The van der Waals surface area contributed by atoms with Crippen LogP contribution in [0.5, 0.6) is 0 Å². The van der Waals surface area contributed by atoms with Crippen molar-refractivity contribution in [2.24, 2.45) is 0 Å². The van der Waals surface area contributed by atoms with Crippen LogP contribution < -0.4 is 4.90 Å². The Morgan fingerprint density at radius 3 is 2.09 bits per heavy atom. The number of benzene rings is 2. The van der Waals surface area contributed by atoms with Gasteiger partial charge in [-0.25, -0.2) is 0 Å². The van der Waals surface area contributed by atoms with Crippen LogP contribution in [0.1, 0.15) is 11.1 Å². The summed E-state index contributed by atoms with van der Waals surface area (Å²) >= 11 is 5.62. The molecular weight excluding hydrogens is 308 g/mol. The summed E-state index contributed by atoms with van der Waals surface area (Å²) < 4.78 is 0. The molecule has 23 heavy (non-hydrogen) atoms. The molecule has 0 bridgehead atoms. The first-order valence-corrected chi connectivity index (χ1v) is 8.51. The number of carbonyl (C=O) groups excluding carboxylic acids is 1. The van der Waals surface area contributed by atoms with Gasteiger partial charge in [0.15, 0.2) is 0 Å². The number of amides is 1. The molecule has 1 saturated heterocycles. The zero-order valence-electron chi connectivity index (χ0n) is 13.1. The monoisotopic (exact) mass is 328 g/mol. The van der Waals surface area contributed by atoms with Crippen LogP contribution in [0.15, 0.2) is 54.6 Å². The molecule has 3 rings (SSSR count). The average molecular weight is 329 g/mol. The lowest BCUT2D eigenvalue weighted by molar-refractivity contribution is -0.128. The number of piperazine rings is 1. The van der Waals surface area contributed by atoms with Crippen molar-refractivity contribution in [2.45, 2.75) is 6.42 Å². The van der Waals surface area contributed by atoms with E-state index in [2.05, 4.69) is 53.4 Å². The highest BCUT2D eigenvalue weighted by Gasteiger charge is 2.20. The fourth-order valence-corrected chi connectivity index (χ4v) is 3.12. The van der Waals surface area contributed by atoms with Crippen LogP contribution in [-0.2, 0) is 11.2 Å². The summed E-state index contributed by atoms with van der Waals surface area (Å²) in [5, 5.41) is 0. The number of halogens is 1. The van der Waals surface area contributed by atoms with Crippen molar-refractivity contribution in [3.63, 3.8) is 0 Å². The Labute approximate surface area is 142 Å². The van der Waals surface area contributed by atoms with E-state index in [1.54, 1.807) is 0 Å². The third-order valence-electron chi connectivity index (χ3n) is 4.30. The molecule has 2 aromatic rings. The zero-order valence-corrected chi connectivity index (χ0v) is 13.9. The number of rotatable bonds is 4. The molecule has 1 aliphatic rings. The van der Waals surface area contributed by atoms with Crippen molar-refractivity contribution < 1.29 is 4.79 Å². The number of nitrogens with zero attached hydrogens (tertiary/aromatic N) is 2. The van der Waals surface area contributed by atoms with Crippen LogP contribution in [0.4, 0.5) is 5.69 Å². The zero-order chi connectivity index (χ0) is 16.1. The Morgan fingerprint density at radius 2 is 1.48 bits per heavy atom. The molecule has 0 spiro atoms. The minimum atomic E-state index is 0.0320. The minimum absolute atomic E-state index is 0.0320. The maximum Gasteiger partial charge on any atom is 0.237 e. The second-order valence-corrected chi connectivity index (χ2v) is 6.10. The lowest BCUT2D eigenvalue weighted by atomic mass is 10.0. The van der Waals surface area contributed by atoms with Crippen molar-refractivity contribution >= 4 is 23.2 Å². The molecule has 0 aromatic heterocycles. The predicted molar refractivity (Wildman–Crippen MR) is 95.2 cm³/mol. The Bertz CT molecular complexity index is 634. The molecule has 1 fully saturated rings. The number of alkyl halides is 1. The lowest BCUT2D eigenvalue weighted by Gasteiger charge is -2.36. The van der Waals surface area contributed by atoms with Gasteiger partial charge in [0.05, 0.1) is 0 Å². The molecule has 0 radical (unpaired) electrons. The van der Waals surface area contributed by atoms with Crippen molar-refractivity contribution in [3.05, 3.63) is 65.7 Å². The van der Waals surface area contributed by atoms with Gasteiger partial charge in [0.2, 0.25) is 5.91 Å². The van der Waals surface area contributed by atoms with Gasteiger partial charge in [0.1, 0.15) is 5.88 Å². The van der Waals surface area contributed by atoms with Gasteiger partial charge in [0.25, 0.3) is 0 Å². The molecule has 0 aliphatic carbocycles. The number of anilines is 1. The summed E-state index contributed by atoms with van der Waals surface area (Å²) in [5.74, 6) is 0.110. The van der Waals surface area contributed by atoms with Gasteiger partial charge in [0, 0.05) is 31.9 Å². The Hall–Kier alpha value is -2.00. The molecule has 0 unspecified atom stereocenters. The Balaban J connectivity index is 1.59. The van der Waals surface area contributed by atoms with Gasteiger partial charge in [-0.05, 0) is 29.7 Å². The van der Waals surface area contributed by atoms with Gasteiger partial charge in [-0.3, -0.25) is 4.79 Å². The third-order valence-corrected chi connectivity index (χ3v) is 4.53. The highest BCUT2D eigenvalue weighted by molar-refractivity contribution is 6.27. The van der Waals surface area contributed by atoms with Crippen molar-refractivity contribution in [2.75, 3.05) is 37.0 Å². The van der Waals surface area contributed by atoms with Gasteiger partial charge >= 0.3 is 0 Å². The first kappa shape index (κ1) is 15.9. The number of hydrogen-bond donors (Lipinski definition) is 0. The summed E-state index contributed by atoms with van der Waals surface area (Å²) in [4.78, 5) is 15.8. The summed E-state index contributed by atoms with van der Waals surface area (Å²) in [5.41, 5.74) is 3.86. The van der Waals surface area contributed by atoms with Gasteiger partial charge in [-0.1, -0.05) is 42.5 Å². The van der Waals surface area contributed by atoms with Crippen molar-refractivity contribution in [1.82, 2.24) is 4.90 Å². The smallest absolute Gasteiger partial charge is 0.237 e. The molecular formula is C19H21ClN2O. The topological polar surface area (TPSA) is 23.6 Å². The Morgan fingerprint density at radius 1 is 0.870 bits per heavy atom. The van der Waals surface area contributed by atoms with Gasteiger partial charge in [-0.15, -0.1) is 11.6 Å². The number of hydrogen-bond acceptors (Lipinski definition) is 2. The average Bonchev–Trinajstić information content (AvgIpc) is 2.63. The largest absolute Gasteiger partial charge is 0.368 e. The van der Waals surface area contributed by atoms with Crippen molar-refractivity contribution in [1.29, 1.82) is 0 Å². The molecule has 0 atom stereocenters. The molecule has 0 N–H and O–H groups in total. The summed E-state index contributed by atoms with van der Waals surface area (Å²) in [6, 6.07) is 19.2. The van der Waals surface area contributed by atoms with E-state index >= 15 is 0 Å². The molecule has 0 saturated carbocycles. The van der Waals surface area contributed by atoms with E-state index < -0.39 is 0 Å². The molecule has 1 aliphatic heterocycles. The quantitative estimate of drug-likeness (QED) is 0.805. The van der Waals surface area contributed by atoms with Crippen LogP contribution in [0.2, 0.25) is 0 Å². The molecule has 2 aromatic carbocycles. The van der Waals surface area contributed by atoms with E-state index in [0.29, 0.717) is 0 Å². The SMILES string of the molecule is O=C(CCl)N1CCN(c2ccc(Cc3ccccc3)cc2)CC1. The van der Waals surface area contributed by atoms with Crippen LogP contribution in [-0.4, -0.2) is 42.9 Å². The first-order valence-electron chi connectivity index (χ1n) is 7.98. The van der Waals surface area contributed by atoms with Gasteiger partial charge in [-0.2, -0.15) is 0 Å². The van der Waals surface area contributed by atoms with E-state index in [9.17, 15) is 4.79 Å². The lowest BCUT2D eigenvalue weighted by Crippen LogP contribution is -2.49. The van der Waals surface area contributed by atoms with Crippen LogP contribution in [0, 0.1) is 0 Å². The summed E-state index contributed by atoms with van der Waals surface area (Å²) in [6.45, 7) is 3.22. The molecule has 4 heteroatoms. The number of carbonyl (C=O) groups is 1. The van der Waals surface area contributed by atoms with Crippen LogP contribution in [0.3, 0.4) is 0 Å². The summed E-state index contributed by atoms with van der Waals surface area (Å²) in [6.07, 6.45) is 0.957. The second-order valence-electron chi connectivity index (χ2n) is 5.83. The molecule has 120 valence electrons. The van der Waals surface area contributed by atoms with E-state index in [-0.39, 0.29) is 11.8 Å². The van der Waals surface area contributed by atoms with E-state index in [0.717, 1.165) is 32.6 Å². The van der Waals surface area contributed by atoms with Crippen LogP contribution in [0.25, 0.3) is 0 Å². The standard InChI is InChI=1S/C19H21ClN2O/c20-15-19(23)22-12-10-21(11-13-22)18-8-6-17(7-9-18)14-16-4-2-1-3-5-16/h1-9H,10-15H2. The highest BCUT2D eigenvalue weighted by atomic mass is 35.5. The van der Waals surface area contributed by atoms with E-state index in [1.807, 2.05) is 11.0 Å². The third kappa shape index (κ3) is 4.05. The van der Waals surface area contributed by atoms with E-state index in [4.69, 9.17) is 11.6 Å². The second kappa shape index (κ2) is 7.51. The van der Waals surface area contributed by atoms with Crippen molar-refractivity contribution in [3.8, 4) is 0 Å². The minimum Gasteiger partial charge on any atom is -0.368 e. The Kier molecular flexibility index (Phi) is 5.19.